The molecule has 3 N–H and O–H groups in total. The molecule has 3 heterocycles. The number of hydrogen-bond donors (Lipinski definition) is 3. The Labute approximate surface area is 121 Å². The summed E-state index contributed by atoms with van der Waals surface area (Å²) >= 11 is 0. The van der Waals surface area contributed by atoms with Crippen molar-refractivity contribution in [3.05, 3.63) is 48.4 Å². The van der Waals surface area contributed by atoms with E-state index in [9.17, 15) is 10.2 Å². The van der Waals surface area contributed by atoms with Crippen molar-refractivity contribution in [2.45, 2.75) is 24.4 Å². The number of rotatable bonds is 3. The largest absolute Gasteiger partial charge is 0.394 e. The molecule has 0 saturated carbocycles. The van der Waals surface area contributed by atoms with Crippen LogP contribution in [0.15, 0.2) is 42.7 Å². The lowest BCUT2D eigenvalue weighted by Gasteiger charge is -2.14. The van der Waals surface area contributed by atoms with Crippen molar-refractivity contribution in [1.82, 2.24) is 9.97 Å². The quantitative estimate of drug-likeness (QED) is 0.751. The van der Waals surface area contributed by atoms with Crippen LogP contribution in [0.3, 0.4) is 0 Å². The monoisotopic (exact) mass is 288 g/mol. The van der Waals surface area contributed by atoms with Crippen molar-refractivity contribution in [2.24, 2.45) is 0 Å². The molecule has 1 fully saturated rings. The summed E-state index contributed by atoms with van der Waals surface area (Å²) in [6.45, 7) is -0.346. The highest BCUT2D eigenvalue weighted by Crippen LogP contribution is 2.32. The van der Waals surface area contributed by atoms with Crippen LogP contribution in [0.1, 0.15) is 11.8 Å². The predicted molar refractivity (Wildman–Crippen MR) is 74.2 cm³/mol. The molecule has 0 amide bonds. The topological polar surface area (TPSA) is 95.7 Å². The van der Waals surface area contributed by atoms with Crippen molar-refractivity contribution in [3.8, 4) is 11.3 Å². The number of aliphatic hydroxyl groups excluding tert-OH is 3. The summed E-state index contributed by atoms with van der Waals surface area (Å²) in [6, 6.07) is 9.17. The Balaban J connectivity index is 1.82. The van der Waals surface area contributed by atoms with Crippen LogP contribution in [-0.2, 0) is 4.74 Å². The second-order valence-electron chi connectivity index (χ2n) is 4.95. The molecule has 4 atom stereocenters. The minimum atomic E-state index is -1.11. The highest BCUT2D eigenvalue weighted by molar-refractivity contribution is 5.57. The molecule has 1 aliphatic heterocycles. The maximum Gasteiger partial charge on any atom is 0.128 e. The highest BCUT2D eigenvalue weighted by atomic mass is 16.6. The van der Waals surface area contributed by atoms with Gasteiger partial charge in [-0.15, -0.1) is 0 Å². The normalized spacial score (nSPS) is 28.7. The summed E-state index contributed by atoms with van der Waals surface area (Å²) in [5.41, 5.74) is 2.17. The van der Waals surface area contributed by atoms with Gasteiger partial charge >= 0.3 is 0 Å². The van der Waals surface area contributed by atoms with Gasteiger partial charge in [-0.2, -0.15) is 0 Å². The Morgan fingerprint density at radius 2 is 1.90 bits per heavy atom. The molecule has 3 rings (SSSR count). The van der Waals surface area contributed by atoms with Crippen LogP contribution in [-0.4, -0.2) is 50.2 Å². The lowest BCUT2D eigenvalue weighted by molar-refractivity contribution is -0.0239. The van der Waals surface area contributed by atoms with E-state index < -0.39 is 24.4 Å². The molecule has 1 saturated heterocycles. The summed E-state index contributed by atoms with van der Waals surface area (Å²) in [5, 5.41) is 28.8. The van der Waals surface area contributed by atoms with E-state index in [1.165, 1.54) is 0 Å². The summed E-state index contributed by atoms with van der Waals surface area (Å²) in [7, 11) is 0. The van der Waals surface area contributed by atoms with E-state index in [-0.39, 0.29) is 6.61 Å². The molecule has 0 aromatic carbocycles. The average molecular weight is 288 g/mol. The van der Waals surface area contributed by atoms with Crippen molar-refractivity contribution < 1.29 is 20.1 Å². The summed E-state index contributed by atoms with van der Waals surface area (Å²) < 4.78 is 5.44. The predicted octanol–water partition coefficient (Wildman–Crippen LogP) is 0.298. The van der Waals surface area contributed by atoms with E-state index in [1.807, 2.05) is 24.3 Å². The molecule has 110 valence electrons. The third-order valence-electron chi connectivity index (χ3n) is 3.58. The third kappa shape index (κ3) is 2.66. The lowest BCUT2D eigenvalue weighted by atomic mass is 10.0. The second-order valence-corrected chi connectivity index (χ2v) is 4.95. The first-order valence-electron chi connectivity index (χ1n) is 6.70. The number of aliphatic hydroxyl groups is 3. The number of aromatic nitrogens is 2. The molecule has 0 bridgehead atoms. The van der Waals surface area contributed by atoms with Gasteiger partial charge in [0.05, 0.1) is 18.0 Å². The fourth-order valence-electron chi connectivity index (χ4n) is 2.40. The summed E-state index contributed by atoms with van der Waals surface area (Å²) in [5.74, 6) is 0. The SMILES string of the molecule is OC[C@H]1O[C@@H](c2ccc(-c3ccccn3)cn2)[C@H](O)[C@@H]1O. The molecule has 6 nitrogen and oxygen atoms in total. The van der Waals surface area contributed by atoms with Crippen molar-refractivity contribution in [1.29, 1.82) is 0 Å². The molecule has 0 unspecified atom stereocenters. The molecule has 21 heavy (non-hydrogen) atoms. The minimum Gasteiger partial charge on any atom is -0.394 e. The smallest absolute Gasteiger partial charge is 0.128 e. The lowest BCUT2D eigenvalue weighted by Crippen LogP contribution is -2.32. The maximum absolute atomic E-state index is 9.96. The molecule has 6 heteroatoms. The number of ether oxygens (including phenoxy) is 1. The Kier molecular flexibility index (Phi) is 3.94. The van der Waals surface area contributed by atoms with Crippen LogP contribution >= 0.6 is 0 Å². The molecule has 2 aromatic rings. The van der Waals surface area contributed by atoms with E-state index in [2.05, 4.69) is 9.97 Å². The van der Waals surface area contributed by atoms with Crippen LogP contribution in [0.4, 0.5) is 0 Å². The van der Waals surface area contributed by atoms with Gasteiger partial charge in [0.15, 0.2) is 0 Å². The second kappa shape index (κ2) is 5.87. The van der Waals surface area contributed by atoms with Gasteiger partial charge in [-0.25, -0.2) is 0 Å². The molecule has 0 aliphatic carbocycles. The first kappa shape index (κ1) is 14.1. The van der Waals surface area contributed by atoms with Crippen molar-refractivity contribution in [2.75, 3.05) is 6.61 Å². The highest BCUT2D eigenvalue weighted by Gasteiger charge is 2.43. The Morgan fingerprint density at radius 1 is 1.05 bits per heavy atom. The van der Waals surface area contributed by atoms with Crippen molar-refractivity contribution >= 4 is 0 Å². The van der Waals surface area contributed by atoms with Gasteiger partial charge in [0.25, 0.3) is 0 Å². The zero-order chi connectivity index (χ0) is 14.8. The number of nitrogens with zero attached hydrogens (tertiary/aromatic N) is 2. The first-order chi connectivity index (χ1) is 10.2. The zero-order valence-electron chi connectivity index (χ0n) is 11.2. The van der Waals surface area contributed by atoms with E-state index in [4.69, 9.17) is 9.84 Å². The average Bonchev–Trinajstić information content (AvgIpc) is 2.84. The van der Waals surface area contributed by atoms with Gasteiger partial charge < -0.3 is 20.1 Å². The minimum absolute atomic E-state index is 0.346. The molecular weight excluding hydrogens is 272 g/mol. The number of hydrogen-bond acceptors (Lipinski definition) is 6. The van der Waals surface area contributed by atoms with Gasteiger partial charge in [0, 0.05) is 18.0 Å². The Hall–Kier alpha value is -1.86. The zero-order valence-corrected chi connectivity index (χ0v) is 11.2. The van der Waals surface area contributed by atoms with Gasteiger partial charge in [0.1, 0.15) is 24.4 Å². The van der Waals surface area contributed by atoms with E-state index >= 15 is 0 Å². The number of pyridine rings is 2. The molecule has 0 radical (unpaired) electrons. The Morgan fingerprint density at radius 3 is 2.48 bits per heavy atom. The molecular formula is C15H16N2O4. The standard InChI is InChI=1S/C15H16N2O4/c18-8-12-13(19)14(20)15(21-12)11-5-4-9(7-17-11)10-3-1-2-6-16-10/h1-7,12-15,18-20H,8H2/t12-,13-,14-,15+/m1/s1. The fourth-order valence-corrected chi connectivity index (χ4v) is 2.40. The van der Waals surface area contributed by atoms with E-state index in [1.54, 1.807) is 18.5 Å². The van der Waals surface area contributed by atoms with E-state index in [0.717, 1.165) is 11.3 Å². The van der Waals surface area contributed by atoms with Crippen LogP contribution in [0.5, 0.6) is 0 Å². The molecule has 0 spiro atoms. The third-order valence-corrected chi connectivity index (χ3v) is 3.58. The maximum atomic E-state index is 9.96. The van der Waals surface area contributed by atoms with Crippen molar-refractivity contribution in [3.63, 3.8) is 0 Å². The summed E-state index contributed by atoms with van der Waals surface area (Å²) in [4.78, 5) is 8.51. The fraction of sp³-hybridized carbons (Fsp3) is 0.333. The Bertz CT molecular complexity index is 590. The van der Waals surface area contributed by atoms with Gasteiger partial charge in [-0.1, -0.05) is 6.07 Å². The van der Waals surface area contributed by atoms with Gasteiger partial charge in [0.2, 0.25) is 0 Å². The van der Waals surface area contributed by atoms with Gasteiger partial charge in [-0.3, -0.25) is 9.97 Å². The van der Waals surface area contributed by atoms with Crippen LogP contribution < -0.4 is 0 Å². The molecule has 1 aliphatic rings. The van der Waals surface area contributed by atoms with Crippen LogP contribution in [0.2, 0.25) is 0 Å². The molecule has 2 aromatic heterocycles. The van der Waals surface area contributed by atoms with E-state index in [0.29, 0.717) is 5.69 Å². The van der Waals surface area contributed by atoms with Crippen LogP contribution in [0, 0.1) is 0 Å². The first-order valence-corrected chi connectivity index (χ1v) is 6.70. The van der Waals surface area contributed by atoms with Gasteiger partial charge in [-0.05, 0) is 24.3 Å². The van der Waals surface area contributed by atoms with Crippen LogP contribution in [0.25, 0.3) is 11.3 Å². The summed E-state index contributed by atoms with van der Waals surface area (Å²) in [6.07, 6.45) is -0.397.